The number of aliphatic hydroxyl groups is 2. The maximum absolute atomic E-state index is 10.5. The van der Waals surface area contributed by atoms with E-state index in [9.17, 15) is 15.3 Å². The number of phenolic OH excluding ortho intramolecular Hbond substituents is 1. The molecule has 0 radical (unpaired) electrons. The molecule has 1 saturated heterocycles. The van der Waals surface area contributed by atoms with Gasteiger partial charge in [-0.15, -0.1) is 11.8 Å². The fourth-order valence-electron chi connectivity index (χ4n) is 3.44. The van der Waals surface area contributed by atoms with E-state index in [4.69, 9.17) is 0 Å². The van der Waals surface area contributed by atoms with E-state index in [-0.39, 0.29) is 22.9 Å². The van der Waals surface area contributed by atoms with E-state index in [0.29, 0.717) is 12.8 Å². The Bertz CT molecular complexity index is 727. The van der Waals surface area contributed by atoms with Gasteiger partial charge in [-0.05, 0) is 55.9 Å². The van der Waals surface area contributed by atoms with E-state index in [0.717, 1.165) is 17.5 Å². The highest BCUT2D eigenvalue weighted by Gasteiger charge is 2.30. The minimum Gasteiger partial charge on any atom is -0.508 e. The molecule has 25 heavy (non-hydrogen) atoms. The average molecular weight is 359 g/mol. The van der Waals surface area contributed by atoms with Gasteiger partial charge in [0.1, 0.15) is 5.75 Å². The summed E-state index contributed by atoms with van der Waals surface area (Å²) in [4.78, 5) is 0. The first-order valence-corrected chi connectivity index (χ1v) is 9.73. The first-order chi connectivity index (χ1) is 12.0. The second kappa shape index (κ2) is 7.81. The number of benzene rings is 2. The van der Waals surface area contributed by atoms with Crippen molar-refractivity contribution in [2.75, 3.05) is 6.61 Å². The van der Waals surface area contributed by atoms with Gasteiger partial charge in [0.25, 0.3) is 0 Å². The van der Waals surface area contributed by atoms with E-state index < -0.39 is 6.10 Å². The van der Waals surface area contributed by atoms with E-state index >= 15 is 0 Å². The molecule has 0 aliphatic carbocycles. The van der Waals surface area contributed by atoms with Gasteiger partial charge in [0.2, 0.25) is 0 Å². The van der Waals surface area contributed by atoms with Crippen LogP contribution in [0, 0.1) is 13.8 Å². The van der Waals surface area contributed by atoms with Gasteiger partial charge in [-0.2, -0.15) is 0 Å². The molecule has 3 unspecified atom stereocenters. The van der Waals surface area contributed by atoms with Crippen LogP contribution in [-0.2, 0) is 6.42 Å². The molecule has 3 nitrogen and oxygen atoms in total. The Morgan fingerprint density at radius 3 is 2.48 bits per heavy atom. The fourth-order valence-corrected chi connectivity index (χ4v) is 4.99. The van der Waals surface area contributed by atoms with Crippen molar-refractivity contribution in [1.29, 1.82) is 0 Å². The van der Waals surface area contributed by atoms with E-state index in [2.05, 4.69) is 37.3 Å². The molecule has 0 amide bonds. The lowest BCUT2D eigenvalue weighted by atomic mass is 9.94. The normalized spacial score (nSPS) is 23.6. The summed E-state index contributed by atoms with van der Waals surface area (Å²) in [5.74, 6) is 0.286. The van der Waals surface area contributed by atoms with Crippen LogP contribution in [0.3, 0.4) is 0 Å². The Balaban J connectivity index is 1.88. The summed E-state index contributed by atoms with van der Waals surface area (Å²) in [5.41, 5.74) is 5.62. The Labute approximate surface area is 153 Å². The van der Waals surface area contributed by atoms with Crippen LogP contribution in [0.1, 0.15) is 45.9 Å². The predicted octanol–water partition coefficient (Wildman–Crippen LogP) is 3.89. The number of aromatic hydroxyl groups is 1. The zero-order chi connectivity index (χ0) is 18.0. The molecule has 1 fully saturated rings. The molecule has 4 heteroatoms. The van der Waals surface area contributed by atoms with E-state index in [1.54, 1.807) is 11.8 Å². The molecular formula is C21H26O3S. The standard InChI is InChI=1S/C21H26O3S/c1-13-3-5-15(6-4-13)8-16-9-19(20(24)7-14(16)2)21-11-17(23)10-18(12-22)25-21/h3-7,9,17-18,21-24H,8,10-12H2,1-2H3. The van der Waals surface area contributed by atoms with Crippen LogP contribution in [0.15, 0.2) is 36.4 Å². The quantitative estimate of drug-likeness (QED) is 0.776. The summed E-state index contributed by atoms with van der Waals surface area (Å²) in [6, 6.07) is 12.4. The second-order valence-electron chi connectivity index (χ2n) is 7.05. The number of phenols is 1. The number of aliphatic hydroxyl groups excluding tert-OH is 2. The van der Waals surface area contributed by atoms with Gasteiger partial charge in [-0.25, -0.2) is 0 Å². The zero-order valence-electron chi connectivity index (χ0n) is 14.8. The van der Waals surface area contributed by atoms with Crippen molar-refractivity contribution in [3.63, 3.8) is 0 Å². The number of aryl methyl sites for hydroxylation is 2. The topological polar surface area (TPSA) is 60.7 Å². The van der Waals surface area contributed by atoms with Gasteiger partial charge >= 0.3 is 0 Å². The highest BCUT2D eigenvalue weighted by Crippen LogP contribution is 2.46. The molecule has 2 aromatic carbocycles. The minimum absolute atomic E-state index is 0.0123. The lowest BCUT2D eigenvalue weighted by molar-refractivity contribution is 0.137. The summed E-state index contributed by atoms with van der Waals surface area (Å²) in [6.07, 6.45) is 1.62. The largest absolute Gasteiger partial charge is 0.508 e. The zero-order valence-corrected chi connectivity index (χ0v) is 15.6. The van der Waals surface area contributed by atoms with Gasteiger partial charge in [0.15, 0.2) is 0 Å². The fraction of sp³-hybridized carbons (Fsp3) is 0.429. The molecule has 1 aliphatic rings. The first-order valence-electron chi connectivity index (χ1n) is 8.78. The number of hydrogen-bond acceptors (Lipinski definition) is 4. The molecule has 0 bridgehead atoms. The maximum Gasteiger partial charge on any atom is 0.120 e. The average Bonchev–Trinajstić information content (AvgIpc) is 2.58. The minimum atomic E-state index is -0.426. The molecule has 3 N–H and O–H groups in total. The molecule has 0 spiro atoms. The SMILES string of the molecule is Cc1ccc(Cc2cc(C3CC(O)CC(CO)S3)c(O)cc2C)cc1. The van der Waals surface area contributed by atoms with Gasteiger partial charge < -0.3 is 15.3 Å². The van der Waals surface area contributed by atoms with Crippen LogP contribution < -0.4 is 0 Å². The summed E-state index contributed by atoms with van der Waals surface area (Å²) in [6.45, 7) is 4.16. The third-order valence-electron chi connectivity index (χ3n) is 4.93. The highest BCUT2D eigenvalue weighted by atomic mass is 32.2. The van der Waals surface area contributed by atoms with Gasteiger partial charge in [-0.1, -0.05) is 35.9 Å². The highest BCUT2D eigenvalue weighted by molar-refractivity contribution is 8.00. The van der Waals surface area contributed by atoms with Crippen molar-refractivity contribution in [3.8, 4) is 5.75 Å². The monoisotopic (exact) mass is 358 g/mol. The summed E-state index contributed by atoms with van der Waals surface area (Å²) >= 11 is 1.66. The van der Waals surface area contributed by atoms with Crippen molar-refractivity contribution in [2.45, 2.75) is 49.7 Å². The Kier molecular flexibility index (Phi) is 5.72. The van der Waals surface area contributed by atoms with Crippen molar-refractivity contribution in [1.82, 2.24) is 0 Å². The predicted molar refractivity (Wildman–Crippen MR) is 103 cm³/mol. The van der Waals surface area contributed by atoms with E-state index in [1.165, 1.54) is 16.7 Å². The third kappa shape index (κ3) is 4.38. The molecule has 0 aromatic heterocycles. The number of thioether (sulfide) groups is 1. The molecule has 3 rings (SSSR count). The van der Waals surface area contributed by atoms with Crippen molar-refractivity contribution < 1.29 is 15.3 Å². The molecular weight excluding hydrogens is 332 g/mol. The van der Waals surface area contributed by atoms with Crippen LogP contribution in [-0.4, -0.2) is 33.3 Å². The van der Waals surface area contributed by atoms with Crippen LogP contribution in [0.5, 0.6) is 5.75 Å². The lowest BCUT2D eigenvalue weighted by Crippen LogP contribution is -2.26. The number of hydrogen-bond donors (Lipinski definition) is 3. The summed E-state index contributed by atoms with van der Waals surface area (Å²) < 4.78 is 0. The van der Waals surface area contributed by atoms with Crippen LogP contribution in [0.2, 0.25) is 0 Å². The second-order valence-corrected chi connectivity index (χ2v) is 8.56. The smallest absolute Gasteiger partial charge is 0.120 e. The van der Waals surface area contributed by atoms with Crippen LogP contribution in [0.25, 0.3) is 0 Å². The van der Waals surface area contributed by atoms with Gasteiger partial charge in [0, 0.05) is 16.1 Å². The van der Waals surface area contributed by atoms with Gasteiger partial charge in [-0.3, -0.25) is 0 Å². The first kappa shape index (κ1) is 18.3. The third-order valence-corrected chi connectivity index (χ3v) is 6.43. The molecule has 2 aromatic rings. The Morgan fingerprint density at radius 1 is 1.08 bits per heavy atom. The van der Waals surface area contributed by atoms with Crippen molar-refractivity contribution in [2.24, 2.45) is 0 Å². The molecule has 1 heterocycles. The van der Waals surface area contributed by atoms with Crippen molar-refractivity contribution in [3.05, 3.63) is 64.2 Å². The van der Waals surface area contributed by atoms with Crippen molar-refractivity contribution >= 4 is 11.8 Å². The summed E-state index contributed by atoms with van der Waals surface area (Å²) in [5, 5.41) is 30.1. The lowest BCUT2D eigenvalue weighted by Gasteiger charge is -2.32. The molecule has 1 aliphatic heterocycles. The summed E-state index contributed by atoms with van der Waals surface area (Å²) in [7, 11) is 0. The maximum atomic E-state index is 10.5. The number of rotatable bonds is 4. The van der Waals surface area contributed by atoms with Gasteiger partial charge in [0.05, 0.1) is 12.7 Å². The molecule has 134 valence electrons. The Hall–Kier alpha value is -1.49. The Morgan fingerprint density at radius 2 is 1.80 bits per heavy atom. The molecule has 0 saturated carbocycles. The van der Waals surface area contributed by atoms with Crippen LogP contribution in [0.4, 0.5) is 0 Å². The van der Waals surface area contributed by atoms with E-state index in [1.807, 2.05) is 13.0 Å². The molecule has 3 atom stereocenters. The van der Waals surface area contributed by atoms with Crippen LogP contribution >= 0.6 is 11.8 Å².